The summed E-state index contributed by atoms with van der Waals surface area (Å²) in [7, 11) is 1.68. The number of ether oxygens (including phenoxy) is 1. The van der Waals surface area contributed by atoms with Crippen molar-refractivity contribution >= 4 is 44.7 Å². The molecule has 3 N–H and O–H groups in total. The lowest BCUT2D eigenvalue weighted by Crippen LogP contribution is -2.25. The molecule has 9 nitrogen and oxygen atoms in total. The summed E-state index contributed by atoms with van der Waals surface area (Å²) in [6.07, 6.45) is 3.84. The number of carbonyl (C=O) groups is 1. The summed E-state index contributed by atoms with van der Waals surface area (Å²) in [4.78, 5) is 30.6. The van der Waals surface area contributed by atoms with E-state index < -0.39 is 0 Å². The van der Waals surface area contributed by atoms with Crippen LogP contribution in [0.3, 0.4) is 0 Å². The highest BCUT2D eigenvalue weighted by Gasteiger charge is 2.17. The maximum Gasteiger partial charge on any atom is 0.271 e. The molecule has 0 atom stereocenters. The first-order chi connectivity index (χ1) is 17.2. The van der Waals surface area contributed by atoms with E-state index in [9.17, 15) is 4.79 Å². The maximum atomic E-state index is 12.5. The molecule has 5 rings (SSSR count). The minimum atomic E-state index is -0.220. The van der Waals surface area contributed by atoms with E-state index in [1.807, 2.05) is 48.5 Å². The summed E-state index contributed by atoms with van der Waals surface area (Å²) in [5.41, 5.74) is 10.6. The quantitative estimate of drug-likeness (QED) is 0.317. The summed E-state index contributed by atoms with van der Waals surface area (Å²) >= 11 is 0. The van der Waals surface area contributed by atoms with Crippen molar-refractivity contribution in [2.45, 2.75) is 25.8 Å². The molecule has 0 saturated heterocycles. The van der Waals surface area contributed by atoms with E-state index >= 15 is 0 Å². The second-order valence-corrected chi connectivity index (χ2v) is 8.34. The van der Waals surface area contributed by atoms with Crippen LogP contribution in [0.4, 0.5) is 5.82 Å². The van der Waals surface area contributed by atoms with Crippen molar-refractivity contribution < 1.29 is 9.53 Å². The molecule has 35 heavy (non-hydrogen) atoms. The second-order valence-electron chi connectivity index (χ2n) is 8.34. The lowest BCUT2D eigenvalue weighted by molar-refractivity contribution is 0.0948. The first kappa shape index (κ1) is 22.7. The lowest BCUT2D eigenvalue weighted by atomic mass is 10.2. The van der Waals surface area contributed by atoms with E-state index in [0.29, 0.717) is 36.6 Å². The number of benzene rings is 2. The lowest BCUT2D eigenvalue weighted by Gasteiger charge is -2.11. The molecule has 0 fully saturated rings. The molecule has 9 heteroatoms. The van der Waals surface area contributed by atoms with E-state index in [0.717, 1.165) is 52.7 Å². The standard InChI is InChI=1S/C26H27N7O2/c1-35-15-12-22-32-23-24(17-8-2-3-9-18(17)31-25(23)27)33(22)14-7-6-13-28-26(34)21-16-29-19-10-4-5-11-20(19)30-21/h2-5,8-11,16H,6-7,12-15H2,1H3,(H2,27,31)(H,28,34). The Hall–Kier alpha value is -4.11. The number of hydrogen-bond donors (Lipinski definition) is 2. The Kier molecular flexibility index (Phi) is 6.49. The predicted octanol–water partition coefficient (Wildman–Crippen LogP) is 3.51. The zero-order valence-electron chi connectivity index (χ0n) is 19.6. The highest BCUT2D eigenvalue weighted by atomic mass is 16.5. The summed E-state index contributed by atoms with van der Waals surface area (Å²) in [6, 6.07) is 15.5. The number of pyridine rings is 1. The topological polar surface area (TPSA) is 121 Å². The van der Waals surface area contributed by atoms with Gasteiger partial charge in [0.25, 0.3) is 5.91 Å². The molecular weight excluding hydrogens is 442 g/mol. The van der Waals surface area contributed by atoms with Gasteiger partial charge in [-0.2, -0.15) is 0 Å². The highest BCUT2D eigenvalue weighted by molar-refractivity contribution is 6.06. The number of hydrogen-bond acceptors (Lipinski definition) is 7. The third-order valence-corrected chi connectivity index (χ3v) is 5.99. The van der Waals surface area contributed by atoms with Gasteiger partial charge in [-0.25, -0.2) is 15.0 Å². The van der Waals surface area contributed by atoms with Crippen LogP contribution in [0, 0.1) is 0 Å². The molecule has 1 amide bonds. The van der Waals surface area contributed by atoms with Gasteiger partial charge in [-0.1, -0.05) is 30.3 Å². The Morgan fingerprint density at radius 1 is 1.00 bits per heavy atom. The van der Waals surface area contributed by atoms with Gasteiger partial charge in [-0.3, -0.25) is 9.78 Å². The Balaban J connectivity index is 1.29. The number of unbranched alkanes of at least 4 members (excludes halogenated alkanes) is 1. The van der Waals surface area contributed by atoms with Gasteiger partial charge in [0.05, 0.1) is 34.9 Å². The van der Waals surface area contributed by atoms with Crippen molar-refractivity contribution in [2.75, 3.05) is 26.0 Å². The van der Waals surface area contributed by atoms with E-state index in [-0.39, 0.29) is 5.91 Å². The van der Waals surface area contributed by atoms with Crippen molar-refractivity contribution in [3.63, 3.8) is 0 Å². The Morgan fingerprint density at radius 3 is 2.60 bits per heavy atom. The van der Waals surface area contributed by atoms with Crippen LogP contribution in [0.5, 0.6) is 0 Å². The van der Waals surface area contributed by atoms with Gasteiger partial charge in [0.1, 0.15) is 17.0 Å². The number of nitrogens with zero attached hydrogens (tertiary/aromatic N) is 5. The molecule has 0 bridgehead atoms. The number of aromatic nitrogens is 5. The van der Waals surface area contributed by atoms with Crippen molar-refractivity contribution in [1.82, 2.24) is 29.8 Å². The molecule has 3 aromatic heterocycles. The number of imidazole rings is 1. The summed E-state index contributed by atoms with van der Waals surface area (Å²) in [5.74, 6) is 1.13. The van der Waals surface area contributed by atoms with Gasteiger partial charge < -0.3 is 20.4 Å². The van der Waals surface area contributed by atoms with Crippen molar-refractivity contribution in [1.29, 1.82) is 0 Å². The average Bonchev–Trinajstić information content (AvgIpc) is 3.26. The summed E-state index contributed by atoms with van der Waals surface area (Å²) < 4.78 is 7.51. The number of nitrogen functional groups attached to an aromatic ring is 1. The van der Waals surface area contributed by atoms with Crippen molar-refractivity contribution in [2.24, 2.45) is 0 Å². The number of anilines is 1. The number of amides is 1. The van der Waals surface area contributed by atoms with Crippen molar-refractivity contribution in [3.8, 4) is 0 Å². The minimum absolute atomic E-state index is 0.220. The maximum absolute atomic E-state index is 12.5. The van der Waals surface area contributed by atoms with Crippen LogP contribution < -0.4 is 11.1 Å². The number of aryl methyl sites for hydroxylation is 1. The molecular formula is C26H27N7O2. The smallest absolute Gasteiger partial charge is 0.271 e. The third kappa shape index (κ3) is 4.63. The molecule has 0 unspecified atom stereocenters. The minimum Gasteiger partial charge on any atom is -0.384 e. The van der Waals surface area contributed by atoms with Crippen LogP contribution >= 0.6 is 0 Å². The predicted molar refractivity (Wildman–Crippen MR) is 136 cm³/mol. The van der Waals surface area contributed by atoms with Gasteiger partial charge in [0.15, 0.2) is 5.82 Å². The SMILES string of the molecule is COCCc1nc2c(N)nc3ccccc3c2n1CCCCNC(=O)c1cnc2ccccc2n1. The van der Waals surface area contributed by atoms with Crippen LogP contribution in [-0.4, -0.2) is 50.7 Å². The monoisotopic (exact) mass is 469 g/mol. The highest BCUT2D eigenvalue weighted by Crippen LogP contribution is 2.29. The van der Waals surface area contributed by atoms with E-state index in [1.165, 1.54) is 6.20 Å². The number of rotatable bonds is 9. The van der Waals surface area contributed by atoms with Gasteiger partial charge >= 0.3 is 0 Å². The number of para-hydroxylation sites is 3. The average molecular weight is 470 g/mol. The van der Waals surface area contributed by atoms with E-state index in [2.05, 4.69) is 24.8 Å². The Bertz CT molecular complexity index is 1510. The molecule has 0 saturated carbocycles. The van der Waals surface area contributed by atoms with Crippen LogP contribution in [0.2, 0.25) is 0 Å². The van der Waals surface area contributed by atoms with Crippen LogP contribution in [0.25, 0.3) is 33.0 Å². The van der Waals surface area contributed by atoms with Crippen LogP contribution in [0.1, 0.15) is 29.2 Å². The zero-order chi connectivity index (χ0) is 24.2. The molecule has 0 aliphatic rings. The fourth-order valence-electron chi connectivity index (χ4n) is 4.28. The number of nitrogens with two attached hydrogens (primary N) is 1. The number of methoxy groups -OCH3 is 1. The number of carbonyl (C=O) groups excluding carboxylic acids is 1. The van der Waals surface area contributed by atoms with Crippen LogP contribution in [0.15, 0.2) is 54.7 Å². The fraction of sp³-hybridized carbons (Fsp3) is 0.269. The van der Waals surface area contributed by atoms with Gasteiger partial charge in [0, 0.05) is 32.0 Å². The van der Waals surface area contributed by atoms with Crippen molar-refractivity contribution in [3.05, 3.63) is 66.2 Å². The summed E-state index contributed by atoms with van der Waals surface area (Å²) in [6.45, 7) is 1.85. The molecule has 0 spiro atoms. The molecule has 0 aliphatic carbocycles. The first-order valence-corrected chi connectivity index (χ1v) is 11.7. The van der Waals surface area contributed by atoms with Gasteiger partial charge in [0.2, 0.25) is 0 Å². The van der Waals surface area contributed by atoms with Crippen LogP contribution in [-0.2, 0) is 17.7 Å². The molecule has 178 valence electrons. The fourth-order valence-corrected chi connectivity index (χ4v) is 4.28. The zero-order valence-corrected chi connectivity index (χ0v) is 19.6. The van der Waals surface area contributed by atoms with E-state index in [1.54, 1.807) is 7.11 Å². The normalized spacial score (nSPS) is 11.5. The third-order valence-electron chi connectivity index (χ3n) is 5.99. The number of nitrogens with one attached hydrogen (secondary N) is 1. The molecule has 0 aliphatic heterocycles. The van der Waals surface area contributed by atoms with Gasteiger partial charge in [-0.05, 0) is 31.0 Å². The largest absolute Gasteiger partial charge is 0.384 e. The molecule has 5 aromatic rings. The Labute approximate surface area is 202 Å². The molecule has 0 radical (unpaired) electrons. The Morgan fingerprint density at radius 2 is 1.77 bits per heavy atom. The van der Waals surface area contributed by atoms with Gasteiger partial charge in [-0.15, -0.1) is 0 Å². The molecule has 3 heterocycles. The first-order valence-electron chi connectivity index (χ1n) is 11.7. The summed E-state index contributed by atoms with van der Waals surface area (Å²) in [5, 5.41) is 3.98. The second kappa shape index (κ2) is 10.0. The molecule has 2 aromatic carbocycles. The van der Waals surface area contributed by atoms with E-state index in [4.69, 9.17) is 15.5 Å². The number of fused-ring (bicyclic) bond motifs is 4.